The predicted molar refractivity (Wildman–Crippen MR) is 110 cm³/mol. The molecule has 1 atom stereocenters. The zero-order chi connectivity index (χ0) is 19.7. The Labute approximate surface area is 171 Å². The summed E-state index contributed by atoms with van der Waals surface area (Å²) in [4.78, 5) is 26.6. The highest BCUT2D eigenvalue weighted by molar-refractivity contribution is 7.15. The molecule has 2 heterocycles. The summed E-state index contributed by atoms with van der Waals surface area (Å²) in [6.07, 6.45) is 0.364. The van der Waals surface area contributed by atoms with Crippen LogP contribution in [-0.2, 0) is 4.79 Å². The third-order valence-electron chi connectivity index (χ3n) is 4.66. The SMILES string of the molecule is Cc1ccccc1C(=O)Nc1nnc(C2CC(=O)N(c3ccc(Cl)cc3)C2)s1. The second-order valence-electron chi connectivity index (χ2n) is 6.60. The molecule has 1 unspecified atom stereocenters. The van der Waals surface area contributed by atoms with Gasteiger partial charge in [0.25, 0.3) is 5.91 Å². The summed E-state index contributed by atoms with van der Waals surface area (Å²) < 4.78 is 0. The summed E-state index contributed by atoms with van der Waals surface area (Å²) in [5, 5.41) is 12.9. The fraction of sp³-hybridized carbons (Fsp3) is 0.200. The van der Waals surface area contributed by atoms with Gasteiger partial charge in [-0.25, -0.2) is 0 Å². The van der Waals surface area contributed by atoms with Crippen molar-refractivity contribution in [2.45, 2.75) is 19.3 Å². The Bertz CT molecular complexity index is 1030. The van der Waals surface area contributed by atoms with Gasteiger partial charge in [0.15, 0.2) is 0 Å². The van der Waals surface area contributed by atoms with Crippen LogP contribution in [0.1, 0.15) is 33.3 Å². The van der Waals surface area contributed by atoms with Gasteiger partial charge in [0.2, 0.25) is 11.0 Å². The highest BCUT2D eigenvalue weighted by atomic mass is 35.5. The van der Waals surface area contributed by atoms with Crippen LogP contribution in [0.5, 0.6) is 0 Å². The molecule has 8 heteroatoms. The third-order valence-corrected chi connectivity index (χ3v) is 5.92. The summed E-state index contributed by atoms with van der Waals surface area (Å²) in [5.41, 5.74) is 2.31. The molecule has 0 saturated carbocycles. The summed E-state index contributed by atoms with van der Waals surface area (Å²) in [6, 6.07) is 14.6. The molecule has 2 aromatic carbocycles. The van der Waals surface area contributed by atoms with Crippen molar-refractivity contribution in [3.63, 3.8) is 0 Å². The maximum Gasteiger partial charge on any atom is 0.257 e. The van der Waals surface area contributed by atoms with Crippen molar-refractivity contribution in [2.24, 2.45) is 0 Å². The first kappa shape index (κ1) is 18.6. The van der Waals surface area contributed by atoms with Gasteiger partial charge < -0.3 is 4.90 Å². The van der Waals surface area contributed by atoms with E-state index in [0.29, 0.717) is 28.7 Å². The fourth-order valence-electron chi connectivity index (χ4n) is 3.19. The lowest BCUT2D eigenvalue weighted by molar-refractivity contribution is -0.117. The first-order chi connectivity index (χ1) is 13.5. The standard InChI is InChI=1S/C20H17ClN4O2S/c1-12-4-2-3-5-16(12)18(27)22-20-24-23-19(28-20)13-10-17(26)25(11-13)15-8-6-14(21)7-9-15/h2-9,13H,10-11H2,1H3,(H,22,24,27). The van der Waals surface area contributed by atoms with E-state index >= 15 is 0 Å². The van der Waals surface area contributed by atoms with Crippen LogP contribution in [-0.4, -0.2) is 28.6 Å². The van der Waals surface area contributed by atoms with Crippen molar-refractivity contribution in [3.8, 4) is 0 Å². The fourth-order valence-corrected chi connectivity index (χ4v) is 4.14. The van der Waals surface area contributed by atoms with E-state index in [-0.39, 0.29) is 17.7 Å². The molecule has 0 bridgehead atoms. The van der Waals surface area contributed by atoms with Gasteiger partial charge in [-0.3, -0.25) is 14.9 Å². The number of aryl methyl sites for hydroxylation is 1. The molecule has 1 aliphatic heterocycles. The number of anilines is 2. The van der Waals surface area contributed by atoms with Gasteiger partial charge in [0.1, 0.15) is 5.01 Å². The Hall–Kier alpha value is -2.77. The molecule has 28 heavy (non-hydrogen) atoms. The van der Waals surface area contributed by atoms with E-state index < -0.39 is 0 Å². The van der Waals surface area contributed by atoms with Gasteiger partial charge in [0, 0.05) is 35.2 Å². The van der Waals surface area contributed by atoms with E-state index in [4.69, 9.17) is 11.6 Å². The largest absolute Gasteiger partial charge is 0.312 e. The van der Waals surface area contributed by atoms with Crippen LogP contribution in [0.4, 0.5) is 10.8 Å². The molecule has 0 spiro atoms. The Morgan fingerprint density at radius 1 is 1.18 bits per heavy atom. The molecule has 4 rings (SSSR count). The van der Waals surface area contributed by atoms with Crippen molar-refractivity contribution in [3.05, 3.63) is 69.7 Å². The average Bonchev–Trinajstić information content (AvgIpc) is 3.29. The lowest BCUT2D eigenvalue weighted by Crippen LogP contribution is -2.24. The van der Waals surface area contributed by atoms with E-state index in [2.05, 4.69) is 15.5 Å². The number of hydrogen-bond donors (Lipinski definition) is 1. The number of halogens is 1. The molecule has 2 amide bonds. The normalized spacial score (nSPS) is 16.4. The number of carbonyl (C=O) groups is 2. The molecule has 1 aromatic heterocycles. The van der Waals surface area contributed by atoms with Crippen molar-refractivity contribution >= 4 is 45.6 Å². The summed E-state index contributed by atoms with van der Waals surface area (Å²) in [6.45, 7) is 2.41. The maximum atomic E-state index is 12.4. The van der Waals surface area contributed by atoms with Crippen LogP contribution in [0.15, 0.2) is 48.5 Å². The third kappa shape index (κ3) is 3.76. The second kappa shape index (κ2) is 7.69. The number of amides is 2. The minimum Gasteiger partial charge on any atom is -0.312 e. The minimum absolute atomic E-state index is 0.0352. The Morgan fingerprint density at radius 3 is 2.68 bits per heavy atom. The number of nitrogens with zero attached hydrogens (tertiary/aromatic N) is 3. The molecule has 1 fully saturated rings. The van der Waals surface area contributed by atoms with Gasteiger partial charge in [-0.1, -0.05) is 41.1 Å². The van der Waals surface area contributed by atoms with Crippen LogP contribution < -0.4 is 10.2 Å². The van der Waals surface area contributed by atoms with E-state index in [0.717, 1.165) is 16.3 Å². The van der Waals surface area contributed by atoms with Gasteiger partial charge in [-0.2, -0.15) is 0 Å². The van der Waals surface area contributed by atoms with Gasteiger partial charge in [0.05, 0.1) is 0 Å². The number of hydrogen-bond acceptors (Lipinski definition) is 5. The van der Waals surface area contributed by atoms with Crippen LogP contribution in [0.25, 0.3) is 0 Å². The number of aromatic nitrogens is 2. The van der Waals surface area contributed by atoms with E-state index in [1.165, 1.54) is 11.3 Å². The van der Waals surface area contributed by atoms with E-state index in [1.807, 2.05) is 37.3 Å². The highest BCUT2D eigenvalue weighted by Crippen LogP contribution is 2.34. The van der Waals surface area contributed by atoms with Gasteiger partial charge in [-0.05, 0) is 42.8 Å². The first-order valence-electron chi connectivity index (χ1n) is 8.77. The Morgan fingerprint density at radius 2 is 1.93 bits per heavy atom. The number of benzene rings is 2. The zero-order valence-corrected chi connectivity index (χ0v) is 16.6. The van der Waals surface area contributed by atoms with E-state index in [1.54, 1.807) is 23.1 Å². The maximum absolute atomic E-state index is 12.4. The molecule has 1 aliphatic rings. The van der Waals surface area contributed by atoms with E-state index in [9.17, 15) is 9.59 Å². The van der Waals surface area contributed by atoms with Crippen LogP contribution in [0.2, 0.25) is 5.02 Å². The van der Waals surface area contributed by atoms with Gasteiger partial charge in [-0.15, -0.1) is 10.2 Å². The van der Waals surface area contributed by atoms with Crippen molar-refractivity contribution < 1.29 is 9.59 Å². The predicted octanol–water partition coefficient (Wildman–Crippen LogP) is 4.27. The summed E-state index contributed by atoms with van der Waals surface area (Å²) in [5.74, 6) is -0.233. The lowest BCUT2D eigenvalue weighted by atomic mass is 10.1. The number of rotatable bonds is 4. The van der Waals surface area contributed by atoms with Crippen molar-refractivity contribution in [1.82, 2.24) is 10.2 Å². The molecule has 3 aromatic rings. The van der Waals surface area contributed by atoms with Crippen LogP contribution >= 0.6 is 22.9 Å². The van der Waals surface area contributed by atoms with Crippen LogP contribution in [0.3, 0.4) is 0 Å². The first-order valence-corrected chi connectivity index (χ1v) is 9.97. The van der Waals surface area contributed by atoms with Gasteiger partial charge >= 0.3 is 0 Å². The molecule has 1 N–H and O–H groups in total. The zero-order valence-electron chi connectivity index (χ0n) is 15.1. The lowest BCUT2D eigenvalue weighted by Gasteiger charge is -2.16. The monoisotopic (exact) mass is 412 g/mol. The Kier molecular flexibility index (Phi) is 5.11. The molecule has 0 aliphatic carbocycles. The van der Waals surface area contributed by atoms with Crippen LogP contribution in [0, 0.1) is 6.92 Å². The van der Waals surface area contributed by atoms with Crippen molar-refractivity contribution in [2.75, 3.05) is 16.8 Å². The van der Waals surface area contributed by atoms with Crippen molar-refractivity contribution in [1.29, 1.82) is 0 Å². The molecule has 1 saturated heterocycles. The summed E-state index contributed by atoms with van der Waals surface area (Å²) >= 11 is 7.23. The Balaban J connectivity index is 1.46. The topological polar surface area (TPSA) is 75.2 Å². The highest BCUT2D eigenvalue weighted by Gasteiger charge is 2.34. The quantitative estimate of drug-likeness (QED) is 0.694. The number of carbonyl (C=O) groups excluding carboxylic acids is 2. The number of nitrogens with one attached hydrogen (secondary N) is 1. The molecule has 6 nitrogen and oxygen atoms in total. The minimum atomic E-state index is -0.217. The average molecular weight is 413 g/mol. The molecular weight excluding hydrogens is 396 g/mol. The molecule has 0 radical (unpaired) electrons. The second-order valence-corrected chi connectivity index (χ2v) is 8.04. The summed E-state index contributed by atoms with van der Waals surface area (Å²) in [7, 11) is 0. The smallest absolute Gasteiger partial charge is 0.257 e. The molecule has 142 valence electrons. The molecular formula is C20H17ClN4O2S.